The summed E-state index contributed by atoms with van der Waals surface area (Å²) >= 11 is 0. The van der Waals surface area contributed by atoms with Crippen LogP contribution in [0.2, 0.25) is 0 Å². The van der Waals surface area contributed by atoms with E-state index in [1.165, 1.54) is 12.1 Å². The number of sulfonamides is 1. The molecule has 0 fully saturated rings. The number of H-pyrrole nitrogens is 3. The number of carbonyl (C=O) groups is 1. The molecule has 4 rings (SSSR count). The van der Waals surface area contributed by atoms with Crippen molar-refractivity contribution in [3.8, 4) is 0 Å². The van der Waals surface area contributed by atoms with Crippen LogP contribution in [-0.2, 0) is 21.2 Å². The molecule has 4 aromatic rings. The molecule has 150 valence electrons. The molecule has 1 atom stereocenters. The van der Waals surface area contributed by atoms with E-state index in [-0.39, 0.29) is 11.3 Å². The Balaban J connectivity index is 1.68. The molecule has 9 nitrogen and oxygen atoms in total. The predicted octanol–water partition coefficient (Wildman–Crippen LogP) is 1.62. The van der Waals surface area contributed by atoms with E-state index in [1.807, 2.05) is 24.3 Å². The number of aromatic nitrogens is 3. The minimum atomic E-state index is -4.15. The number of rotatable bonds is 6. The number of hydrogen-bond acceptors (Lipinski definition) is 4. The van der Waals surface area contributed by atoms with E-state index in [0.717, 1.165) is 10.9 Å². The summed E-state index contributed by atoms with van der Waals surface area (Å²) in [6.07, 6.45) is 1.65. The molecule has 2 heterocycles. The van der Waals surface area contributed by atoms with Crippen LogP contribution in [0.5, 0.6) is 0 Å². The monoisotopic (exact) mass is 414 g/mol. The van der Waals surface area contributed by atoms with Crippen LogP contribution in [0.3, 0.4) is 0 Å². The quantitative estimate of drug-likeness (QED) is 0.325. The van der Waals surface area contributed by atoms with Gasteiger partial charge in [0.2, 0.25) is 10.0 Å². The molecule has 0 aliphatic heterocycles. The molecule has 2 aromatic heterocycles. The summed E-state index contributed by atoms with van der Waals surface area (Å²) in [6.45, 7) is 1.58. The van der Waals surface area contributed by atoms with Gasteiger partial charge in [0.25, 0.3) is 0 Å². The van der Waals surface area contributed by atoms with Gasteiger partial charge in [0, 0.05) is 23.5 Å². The Hall–Kier alpha value is -3.37. The Morgan fingerprint density at radius 3 is 2.55 bits per heavy atom. The van der Waals surface area contributed by atoms with Gasteiger partial charge < -0.3 is 20.1 Å². The van der Waals surface area contributed by atoms with Gasteiger partial charge in [0.15, 0.2) is 0 Å². The zero-order chi connectivity index (χ0) is 20.8. The SMILES string of the molecule is Cc1cc2[nH]c(=O)[nH]c2cc1S(=O)(=O)N[C@@H](Cc1c[nH]c2ccccc12)C(=O)O. The van der Waals surface area contributed by atoms with E-state index in [1.54, 1.807) is 13.1 Å². The minimum Gasteiger partial charge on any atom is -0.480 e. The van der Waals surface area contributed by atoms with Gasteiger partial charge in [-0.2, -0.15) is 4.72 Å². The molecule has 2 aromatic carbocycles. The molecule has 0 radical (unpaired) electrons. The third-order valence-corrected chi connectivity index (χ3v) is 6.41. The highest BCUT2D eigenvalue weighted by Gasteiger charge is 2.28. The number of hydrogen-bond donors (Lipinski definition) is 5. The average molecular weight is 414 g/mol. The fourth-order valence-corrected chi connectivity index (χ4v) is 4.85. The number of imidazole rings is 1. The first-order valence-electron chi connectivity index (χ1n) is 8.77. The van der Waals surface area contributed by atoms with Crippen molar-refractivity contribution in [2.75, 3.05) is 0 Å². The Morgan fingerprint density at radius 1 is 1.14 bits per heavy atom. The molecular formula is C19H18N4O5S. The summed E-state index contributed by atoms with van der Waals surface area (Å²) in [6, 6.07) is 8.86. The molecule has 0 saturated heterocycles. The molecule has 29 heavy (non-hydrogen) atoms. The number of aryl methyl sites for hydroxylation is 1. The molecule has 0 bridgehead atoms. The normalized spacial score (nSPS) is 13.1. The van der Waals surface area contributed by atoms with Crippen molar-refractivity contribution >= 4 is 37.9 Å². The molecule has 10 heteroatoms. The Labute approximate surface area is 164 Å². The number of aliphatic carboxylic acids is 1. The van der Waals surface area contributed by atoms with Gasteiger partial charge in [-0.15, -0.1) is 0 Å². The summed E-state index contributed by atoms with van der Waals surface area (Å²) in [5, 5.41) is 10.4. The maximum atomic E-state index is 12.9. The second-order valence-corrected chi connectivity index (χ2v) is 8.50. The lowest BCUT2D eigenvalue weighted by atomic mass is 10.1. The van der Waals surface area contributed by atoms with Crippen molar-refractivity contribution in [1.82, 2.24) is 19.7 Å². The molecule has 0 aliphatic carbocycles. The minimum absolute atomic E-state index is 0.0269. The first kappa shape index (κ1) is 19.0. The molecular weight excluding hydrogens is 396 g/mol. The summed E-state index contributed by atoms with van der Waals surface area (Å²) in [5.41, 5.74) is 2.26. The van der Waals surface area contributed by atoms with Gasteiger partial charge in [-0.05, 0) is 36.2 Å². The van der Waals surface area contributed by atoms with E-state index in [2.05, 4.69) is 19.7 Å². The van der Waals surface area contributed by atoms with Crippen LogP contribution in [0.25, 0.3) is 21.9 Å². The third kappa shape index (κ3) is 3.55. The van der Waals surface area contributed by atoms with Crippen molar-refractivity contribution in [3.05, 3.63) is 64.2 Å². The number of para-hydroxylation sites is 1. The summed E-state index contributed by atoms with van der Waals surface area (Å²) in [5.74, 6) is -1.28. The van der Waals surface area contributed by atoms with Crippen molar-refractivity contribution in [2.45, 2.75) is 24.3 Å². The van der Waals surface area contributed by atoms with Crippen molar-refractivity contribution < 1.29 is 18.3 Å². The number of carboxylic acid groups (broad SMARTS) is 1. The lowest BCUT2D eigenvalue weighted by Gasteiger charge is -2.16. The summed E-state index contributed by atoms with van der Waals surface area (Å²) in [4.78, 5) is 31.3. The molecule has 0 spiro atoms. The number of benzene rings is 2. The highest BCUT2D eigenvalue weighted by atomic mass is 32.2. The van der Waals surface area contributed by atoms with Crippen LogP contribution in [0.1, 0.15) is 11.1 Å². The van der Waals surface area contributed by atoms with Crippen LogP contribution in [-0.4, -0.2) is 40.5 Å². The number of carboxylic acids is 1. The van der Waals surface area contributed by atoms with E-state index in [0.29, 0.717) is 22.2 Å². The summed E-state index contributed by atoms with van der Waals surface area (Å²) in [7, 11) is -4.15. The second kappa shape index (κ2) is 6.90. The average Bonchev–Trinajstić information content (AvgIpc) is 3.22. The van der Waals surface area contributed by atoms with Gasteiger partial charge in [-0.25, -0.2) is 13.2 Å². The van der Waals surface area contributed by atoms with Crippen molar-refractivity contribution in [1.29, 1.82) is 0 Å². The maximum Gasteiger partial charge on any atom is 0.323 e. The van der Waals surface area contributed by atoms with Crippen LogP contribution in [0, 0.1) is 6.92 Å². The standard InChI is InChI=1S/C19H18N4O5S/c1-10-6-14-15(22-19(26)21-14)8-17(10)29(27,28)23-16(18(24)25)7-11-9-20-13-5-3-2-4-12(11)13/h2-6,8-9,16,20,23H,7H2,1H3,(H,24,25)(H2,21,22,26)/t16-/m0/s1. The molecule has 0 aliphatic rings. The van der Waals surface area contributed by atoms with E-state index in [4.69, 9.17) is 0 Å². The van der Waals surface area contributed by atoms with Gasteiger partial charge in [0.05, 0.1) is 15.9 Å². The highest BCUT2D eigenvalue weighted by Crippen LogP contribution is 2.22. The van der Waals surface area contributed by atoms with Crippen molar-refractivity contribution in [2.24, 2.45) is 0 Å². The topological polar surface area (TPSA) is 148 Å². The Morgan fingerprint density at radius 2 is 1.83 bits per heavy atom. The van der Waals surface area contributed by atoms with Gasteiger partial charge in [-0.3, -0.25) is 4.79 Å². The van der Waals surface area contributed by atoms with Gasteiger partial charge in [-0.1, -0.05) is 18.2 Å². The molecule has 0 amide bonds. The van der Waals surface area contributed by atoms with Crippen LogP contribution in [0.15, 0.2) is 52.3 Å². The first-order chi connectivity index (χ1) is 13.7. The Bertz CT molecular complexity index is 1400. The Kier molecular flexibility index (Phi) is 4.52. The van der Waals surface area contributed by atoms with E-state index >= 15 is 0 Å². The zero-order valence-corrected chi connectivity index (χ0v) is 16.1. The number of aromatic amines is 3. The lowest BCUT2D eigenvalue weighted by Crippen LogP contribution is -2.42. The highest BCUT2D eigenvalue weighted by molar-refractivity contribution is 7.89. The lowest BCUT2D eigenvalue weighted by molar-refractivity contribution is -0.138. The maximum absolute atomic E-state index is 12.9. The predicted molar refractivity (Wildman–Crippen MR) is 107 cm³/mol. The summed E-state index contributed by atoms with van der Waals surface area (Å²) < 4.78 is 28.1. The third-order valence-electron chi connectivity index (χ3n) is 4.80. The van der Waals surface area contributed by atoms with Gasteiger partial charge >= 0.3 is 11.7 Å². The molecule has 5 N–H and O–H groups in total. The van der Waals surface area contributed by atoms with E-state index in [9.17, 15) is 23.1 Å². The van der Waals surface area contributed by atoms with Crippen LogP contribution in [0.4, 0.5) is 0 Å². The molecule has 0 unspecified atom stereocenters. The van der Waals surface area contributed by atoms with Crippen LogP contribution >= 0.6 is 0 Å². The largest absolute Gasteiger partial charge is 0.480 e. The molecule has 0 saturated carbocycles. The van der Waals surface area contributed by atoms with E-state index < -0.39 is 27.7 Å². The number of fused-ring (bicyclic) bond motifs is 2. The van der Waals surface area contributed by atoms with Crippen LogP contribution < -0.4 is 10.4 Å². The zero-order valence-electron chi connectivity index (χ0n) is 15.3. The smallest absolute Gasteiger partial charge is 0.323 e. The number of nitrogens with one attached hydrogen (secondary N) is 4. The van der Waals surface area contributed by atoms with Crippen molar-refractivity contribution in [3.63, 3.8) is 0 Å². The fourth-order valence-electron chi connectivity index (χ4n) is 3.41. The fraction of sp³-hybridized carbons (Fsp3) is 0.158. The van der Waals surface area contributed by atoms with Gasteiger partial charge in [0.1, 0.15) is 6.04 Å². The second-order valence-electron chi connectivity index (χ2n) is 6.82. The first-order valence-corrected chi connectivity index (χ1v) is 10.3.